The largest absolute Gasteiger partial charge is 0.493 e. The molecular weight excluding hydrogens is 382 g/mol. The summed E-state index contributed by atoms with van der Waals surface area (Å²) < 4.78 is 12.4. The fourth-order valence-electron chi connectivity index (χ4n) is 3.62. The number of carbonyl (C=O) groups excluding carboxylic acids is 1. The van der Waals surface area contributed by atoms with E-state index in [-0.39, 0.29) is 12.1 Å². The minimum atomic E-state index is -0.0873. The number of benzene rings is 2. The van der Waals surface area contributed by atoms with Gasteiger partial charge in [0, 0.05) is 25.2 Å². The molecule has 1 saturated heterocycles. The summed E-state index contributed by atoms with van der Waals surface area (Å²) >= 11 is 0. The highest BCUT2D eigenvalue weighted by atomic mass is 16.5. The van der Waals surface area contributed by atoms with Gasteiger partial charge in [-0.2, -0.15) is 0 Å². The summed E-state index contributed by atoms with van der Waals surface area (Å²) in [6.07, 6.45) is 2.80. The van der Waals surface area contributed by atoms with Crippen LogP contribution in [0.3, 0.4) is 0 Å². The van der Waals surface area contributed by atoms with Crippen LogP contribution in [0.2, 0.25) is 0 Å². The van der Waals surface area contributed by atoms with Crippen LogP contribution >= 0.6 is 0 Å². The van der Waals surface area contributed by atoms with Gasteiger partial charge in [0.1, 0.15) is 5.69 Å². The number of ether oxygens (including phenoxy) is 2. The number of urea groups is 1. The van der Waals surface area contributed by atoms with Crippen molar-refractivity contribution in [2.24, 2.45) is 0 Å². The molecule has 0 spiro atoms. The van der Waals surface area contributed by atoms with Crippen molar-refractivity contribution in [3.8, 4) is 22.8 Å². The number of likely N-dealkylation sites (tertiary alicyclic amines) is 1. The van der Waals surface area contributed by atoms with Crippen molar-refractivity contribution in [1.29, 1.82) is 0 Å². The second-order valence-electron chi connectivity index (χ2n) is 7.19. The Morgan fingerprint density at radius 2 is 1.93 bits per heavy atom. The molecule has 0 radical (unpaired) electrons. The van der Waals surface area contributed by atoms with Gasteiger partial charge in [-0.25, -0.2) is 9.48 Å². The zero-order valence-electron chi connectivity index (χ0n) is 17.1. The van der Waals surface area contributed by atoms with Gasteiger partial charge in [0.2, 0.25) is 0 Å². The Morgan fingerprint density at radius 1 is 1.13 bits per heavy atom. The Balaban J connectivity index is 1.33. The summed E-state index contributed by atoms with van der Waals surface area (Å²) in [5.74, 6) is 1.31. The van der Waals surface area contributed by atoms with Crippen molar-refractivity contribution in [2.75, 3.05) is 27.3 Å². The molecule has 156 valence electrons. The van der Waals surface area contributed by atoms with E-state index in [4.69, 9.17) is 9.47 Å². The molecule has 2 heterocycles. The van der Waals surface area contributed by atoms with Crippen LogP contribution in [0.5, 0.6) is 11.5 Å². The first-order chi connectivity index (χ1) is 14.7. The topological polar surface area (TPSA) is 81.5 Å². The number of nitrogens with zero attached hydrogens (tertiary/aromatic N) is 4. The van der Waals surface area contributed by atoms with Gasteiger partial charge in [0.15, 0.2) is 11.5 Å². The third-order valence-corrected chi connectivity index (χ3v) is 5.30. The SMILES string of the molecule is COc1ccc(CNC(=O)N2CCC(n3cc(-c4ccccc4)nn3)C2)cc1OC. The van der Waals surface area contributed by atoms with Crippen LogP contribution in [0.15, 0.2) is 54.7 Å². The lowest BCUT2D eigenvalue weighted by atomic mass is 10.2. The Morgan fingerprint density at radius 3 is 2.70 bits per heavy atom. The molecule has 0 saturated carbocycles. The average molecular weight is 407 g/mol. The Bertz CT molecular complexity index is 1010. The van der Waals surface area contributed by atoms with Gasteiger partial charge in [0.05, 0.1) is 26.5 Å². The Labute approximate surface area is 175 Å². The lowest BCUT2D eigenvalue weighted by Crippen LogP contribution is -2.38. The molecule has 0 bridgehead atoms. The molecular formula is C22H25N5O3. The molecule has 1 aliphatic heterocycles. The Hall–Kier alpha value is -3.55. The summed E-state index contributed by atoms with van der Waals surface area (Å²) in [6.45, 7) is 1.71. The van der Waals surface area contributed by atoms with Crippen molar-refractivity contribution >= 4 is 6.03 Å². The molecule has 1 fully saturated rings. The monoisotopic (exact) mass is 407 g/mol. The van der Waals surface area contributed by atoms with Crippen LogP contribution in [0.4, 0.5) is 4.79 Å². The van der Waals surface area contributed by atoms with Crippen molar-refractivity contribution in [3.05, 3.63) is 60.3 Å². The molecule has 4 rings (SSSR count). The van der Waals surface area contributed by atoms with Crippen molar-refractivity contribution in [3.63, 3.8) is 0 Å². The highest BCUT2D eigenvalue weighted by Crippen LogP contribution is 2.28. The van der Waals surface area contributed by atoms with Crippen molar-refractivity contribution < 1.29 is 14.3 Å². The number of aromatic nitrogens is 3. The standard InChI is InChI=1S/C22H25N5O3/c1-29-20-9-8-16(12-21(20)30-2)13-23-22(28)26-11-10-18(14-26)27-15-19(24-25-27)17-6-4-3-5-7-17/h3-9,12,15,18H,10-11,13-14H2,1-2H3,(H,23,28). The maximum atomic E-state index is 12.6. The number of methoxy groups -OCH3 is 2. The fourth-order valence-corrected chi connectivity index (χ4v) is 3.62. The van der Waals surface area contributed by atoms with Gasteiger partial charge in [-0.15, -0.1) is 5.10 Å². The van der Waals surface area contributed by atoms with Crippen LogP contribution in [-0.2, 0) is 6.54 Å². The molecule has 1 aliphatic rings. The van der Waals surface area contributed by atoms with Crippen LogP contribution in [0.1, 0.15) is 18.0 Å². The Kier molecular flexibility index (Phi) is 5.83. The highest BCUT2D eigenvalue weighted by molar-refractivity contribution is 5.74. The van der Waals surface area contributed by atoms with Crippen molar-refractivity contribution in [1.82, 2.24) is 25.2 Å². The number of rotatable bonds is 6. The van der Waals surface area contributed by atoms with Gasteiger partial charge < -0.3 is 19.7 Å². The molecule has 0 aliphatic carbocycles. The maximum absolute atomic E-state index is 12.6. The lowest BCUT2D eigenvalue weighted by molar-refractivity contribution is 0.206. The molecule has 1 N–H and O–H groups in total. The van der Waals surface area contributed by atoms with Gasteiger partial charge >= 0.3 is 6.03 Å². The van der Waals surface area contributed by atoms with Crippen LogP contribution in [-0.4, -0.2) is 53.2 Å². The first kappa shape index (κ1) is 19.8. The average Bonchev–Trinajstić information content (AvgIpc) is 3.47. The van der Waals surface area contributed by atoms with Gasteiger partial charge in [-0.05, 0) is 24.1 Å². The second kappa shape index (κ2) is 8.86. The van der Waals surface area contributed by atoms with Gasteiger partial charge in [-0.3, -0.25) is 0 Å². The number of amides is 2. The van der Waals surface area contributed by atoms with E-state index >= 15 is 0 Å². The molecule has 8 nitrogen and oxygen atoms in total. The van der Waals surface area contributed by atoms with Crippen molar-refractivity contribution in [2.45, 2.75) is 19.0 Å². The van der Waals surface area contributed by atoms with E-state index < -0.39 is 0 Å². The predicted octanol–water partition coefficient (Wildman–Crippen LogP) is 3.12. The van der Waals surface area contributed by atoms with Gasteiger partial charge in [-0.1, -0.05) is 41.6 Å². The molecule has 8 heteroatoms. The third-order valence-electron chi connectivity index (χ3n) is 5.30. The number of carbonyl (C=O) groups is 1. The van der Waals surface area contributed by atoms with E-state index in [0.29, 0.717) is 31.1 Å². The van der Waals surface area contributed by atoms with E-state index in [0.717, 1.165) is 23.2 Å². The normalized spacial score (nSPS) is 15.8. The molecule has 1 unspecified atom stereocenters. The van der Waals surface area contributed by atoms with E-state index in [1.807, 2.05) is 64.3 Å². The predicted molar refractivity (Wildman–Crippen MR) is 112 cm³/mol. The number of nitrogens with one attached hydrogen (secondary N) is 1. The summed E-state index contributed by atoms with van der Waals surface area (Å²) in [7, 11) is 3.19. The molecule has 2 amide bonds. The third kappa shape index (κ3) is 4.22. The number of hydrogen-bond donors (Lipinski definition) is 1. The maximum Gasteiger partial charge on any atom is 0.317 e. The van der Waals surface area contributed by atoms with E-state index in [1.165, 1.54) is 0 Å². The van der Waals surface area contributed by atoms with Crippen LogP contribution in [0, 0.1) is 0 Å². The number of hydrogen-bond acceptors (Lipinski definition) is 5. The first-order valence-electron chi connectivity index (χ1n) is 9.89. The van der Waals surface area contributed by atoms with Gasteiger partial charge in [0.25, 0.3) is 0 Å². The summed E-state index contributed by atoms with van der Waals surface area (Å²) in [5, 5.41) is 11.5. The quantitative estimate of drug-likeness (QED) is 0.679. The highest BCUT2D eigenvalue weighted by Gasteiger charge is 2.28. The zero-order valence-corrected chi connectivity index (χ0v) is 17.1. The molecule has 1 atom stereocenters. The summed E-state index contributed by atoms with van der Waals surface area (Å²) in [6, 6.07) is 15.6. The molecule has 1 aromatic heterocycles. The fraction of sp³-hybridized carbons (Fsp3) is 0.318. The second-order valence-corrected chi connectivity index (χ2v) is 7.19. The first-order valence-corrected chi connectivity index (χ1v) is 9.89. The zero-order chi connectivity index (χ0) is 20.9. The van der Waals surface area contributed by atoms with E-state index in [9.17, 15) is 4.79 Å². The van der Waals surface area contributed by atoms with E-state index in [1.54, 1.807) is 14.2 Å². The van der Waals surface area contributed by atoms with Crippen LogP contribution in [0.25, 0.3) is 11.3 Å². The van der Waals surface area contributed by atoms with E-state index in [2.05, 4.69) is 15.6 Å². The molecule has 2 aromatic carbocycles. The minimum absolute atomic E-state index is 0.0873. The molecule has 3 aromatic rings. The smallest absolute Gasteiger partial charge is 0.317 e. The lowest BCUT2D eigenvalue weighted by Gasteiger charge is -2.18. The molecule has 30 heavy (non-hydrogen) atoms. The minimum Gasteiger partial charge on any atom is -0.493 e. The summed E-state index contributed by atoms with van der Waals surface area (Å²) in [4.78, 5) is 14.4. The summed E-state index contributed by atoms with van der Waals surface area (Å²) in [5.41, 5.74) is 2.82. The van der Waals surface area contributed by atoms with Crippen LogP contribution < -0.4 is 14.8 Å².